The summed E-state index contributed by atoms with van der Waals surface area (Å²) in [6.45, 7) is 5.83. The average molecular weight is 226 g/mol. The van der Waals surface area contributed by atoms with E-state index in [1.165, 1.54) is 0 Å². The second-order valence-electron chi connectivity index (χ2n) is 4.85. The van der Waals surface area contributed by atoms with Crippen molar-refractivity contribution in [3.63, 3.8) is 0 Å². The summed E-state index contributed by atoms with van der Waals surface area (Å²) in [6, 6.07) is 0. The van der Waals surface area contributed by atoms with Crippen LogP contribution in [0.5, 0.6) is 0 Å². The van der Waals surface area contributed by atoms with Gasteiger partial charge in [-0.25, -0.2) is 0 Å². The minimum atomic E-state index is -0.461. The molecule has 4 nitrogen and oxygen atoms in total. The molecule has 0 aromatic heterocycles. The summed E-state index contributed by atoms with van der Waals surface area (Å²) in [4.78, 5) is 23.0. The number of ether oxygens (including phenoxy) is 1. The van der Waals surface area contributed by atoms with Gasteiger partial charge < -0.3 is 9.84 Å². The van der Waals surface area contributed by atoms with Crippen molar-refractivity contribution in [1.29, 1.82) is 0 Å². The van der Waals surface area contributed by atoms with Gasteiger partial charge in [0.15, 0.2) is 5.78 Å². The van der Waals surface area contributed by atoms with Crippen LogP contribution in [0.15, 0.2) is 11.3 Å². The van der Waals surface area contributed by atoms with Gasteiger partial charge >= 0.3 is 5.97 Å². The normalized spacial score (nSPS) is 19.8. The lowest BCUT2D eigenvalue weighted by Crippen LogP contribution is -2.27. The van der Waals surface area contributed by atoms with E-state index in [4.69, 9.17) is 4.74 Å². The van der Waals surface area contributed by atoms with E-state index in [1.807, 2.05) is 13.8 Å². The number of Topliss-reactive ketones (excluding diaryl/α,β-unsaturated/α-hetero) is 1. The zero-order chi connectivity index (χ0) is 12.3. The zero-order valence-corrected chi connectivity index (χ0v) is 10.0. The molecule has 0 aromatic rings. The molecular weight excluding hydrogens is 208 g/mol. The SMILES string of the molecule is CCOC(=O)CC1=C(O)CC(C)(C)CC1=O. The number of ketones is 1. The first-order chi connectivity index (χ1) is 7.35. The highest BCUT2D eigenvalue weighted by molar-refractivity contribution is 6.00. The monoisotopic (exact) mass is 226 g/mol. The maximum absolute atomic E-state index is 11.7. The molecule has 90 valence electrons. The summed E-state index contributed by atoms with van der Waals surface area (Å²) in [7, 11) is 0. The first kappa shape index (κ1) is 12.7. The van der Waals surface area contributed by atoms with Crippen LogP contribution in [0.25, 0.3) is 0 Å². The molecule has 0 amide bonds. The molecule has 0 aromatic carbocycles. The molecule has 0 fully saturated rings. The third-order valence-corrected chi connectivity index (χ3v) is 2.60. The molecular formula is C12H18O4. The van der Waals surface area contributed by atoms with Crippen LogP contribution in [0, 0.1) is 5.41 Å². The highest BCUT2D eigenvalue weighted by Gasteiger charge is 2.33. The van der Waals surface area contributed by atoms with Gasteiger partial charge in [0.1, 0.15) is 5.76 Å². The Kier molecular flexibility index (Phi) is 3.73. The molecule has 1 aliphatic rings. The molecule has 0 unspecified atom stereocenters. The predicted octanol–water partition coefficient (Wildman–Crippen LogP) is 2.14. The Morgan fingerprint density at radius 1 is 1.44 bits per heavy atom. The number of rotatable bonds is 3. The third-order valence-electron chi connectivity index (χ3n) is 2.60. The fraction of sp³-hybridized carbons (Fsp3) is 0.667. The predicted molar refractivity (Wildman–Crippen MR) is 58.9 cm³/mol. The van der Waals surface area contributed by atoms with Gasteiger partial charge in [0, 0.05) is 18.4 Å². The second-order valence-corrected chi connectivity index (χ2v) is 4.85. The van der Waals surface area contributed by atoms with Gasteiger partial charge in [-0.3, -0.25) is 9.59 Å². The first-order valence-electron chi connectivity index (χ1n) is 5.45. The summed E-state index contributed by atoms with van der Waals surface area (Å²) in [5.41, 5.74) is -0.00273. The van der Waals surface area contributed by atoms with Crippen LogP contribution in [0.1, 0.15) is 40.0 Å². The Bertz CT molecular complexity index is 339. The molecule has 0 heterocycles. The van der Waals surface area contributed by atoms with Gasteiger partial charge in [0.25, 0.3) is 0 Å². The van der Waals surface area contributed by atoms with Gasteiger partial charge in [-0.1, -0.05) is 13.8 Å². The lowest BCUT2D eigenvalue weighted by Gasteiger charge is -2.29. The molecule has 1 aliphatic carbocycles. The number of carbonyl (C=O) groups excluding carboxylic acids is 2. The summed E-state index contributed by atoms with van der Waals surface area (Å²) >= 11 is 0. The van der Waals surface area contributed by atoms with Crippen LogP contribution in [0.4, 0.5) is 0 Å². The third kappa shape index (κ3) is 3.08. The number of aliphatic hydroxyl groups is 1. The van der Waals surface area contributed by atoms with Crippen LogP contribution in [0.3, 0.4) is 0 Å². The van der Waals surface area contributed by atoms with E-state index in [-0.39, 0.29) is 35.6 Å². The zero-order valence-electron chi connectivity index (χ0n) is 10.0. The van der Waals surface area contributed by atoms with Gasteiger partial charge in [-0.15, -0.1) is 0 Å². The quantitative estimate of drug-likeness (QED) is 0.749. The summed E-state index contributed by atoms with van der Waals surface area (Å²) < 4.78 is 4.76. The van der Waals surface area contributed by atoms with E-state index in [0.29, 0.717) is 12.8 Å². The van der Waals surface area contributed by atoms with Crippen molar-refractivity contribution in [3.8, 4) is 0 Å². The minimum Gasteiger partial charge on any atom is -0.512 e. The maximum Gasteiger partial charge on any atom is 0.310 e. The molecule has 0 radical (unpaired) electrons. The largest absolute Gasteiger partial charge is 0.512 e. The van der Waals surface area contributed by atoms with Gasteiger partial charge in [0.05, 0.1) is 13.0 Å². The van der Waals surface area contributed by atoms with Crippen molar-refractivity contribution in [2.75, 3.05) is 6.61 Å². The van der Waals surface area contributed by atoms with Crippen molar-refractivity contribution in [2.45, 2.75) is 40.0 Å². The maximum atomic E-state index is 11.7. The van der Waals surface area contributed by atoms with E-state index < -0.39 is 5.97 Å². The molecule has 1 N–H and O–H groups in total. The molecule has 4 heteroatoms. The smallest absolute Gasteiger partial charge is 0.310 e. The van der Waals surface area contributed by atoms with Crippen molar-refractivity contribution in [1.82, 2.24) is 0 Å². The van der Waals surface area contributed by atoms with Crippen LogP contribution < -0.4 is 0 Å². The fourth-order valence-electron chi connectivity index (χ4n) is 1.88. The Labute approximate surface area is 95.3 Å². The number of hydrogen-bond acceptors (Lipinski definition) is 4. The van der Waals surface area contributed by atoms with Crippen molar-refractivity contribution in [2.24, 2.45) is 5.41 Å². The van der Waals surface area contributed by atoms with Gasteiger partial charge in [-0.2, -0.15) is 0 Å². The van der Waals surface area contributed by atoms with E-state index >= 15 is 0 Å². The Morgan fingerprint density at radius 3 is 2.56 bits per heavy atom. The lowest BCUT2D eigenvalue weighted by molar-refractivity contribution is -0.143. The summed E-state index contributed by atoms with van der Waals surface area (Å²) in [6.07, 6.45) is 0.688. The van der Waals surface area contributed by atoms with Crippen molar-refractivity contribution < 1.29 is 19.4 Å². The number of allylic oxidation sites excluding steroid dienone is 1. The van der Waals surface area contributed by atoms with Crippen LogP contribution in [-0.2, 0) is 14.3 Å². The Morgan fingerprint density at radius 2 is 2.06 bits per heavy atom. The van der Waals surface area contributed by atoms with Crippen LogP contribution >= 0.6 is 0 Å². The van der Waals surface area contributed by atoms with Gasteiger partial charge in [-0.05, 0) is 12.3 Å². The first-order valence-corrected chi connectivity index (χ1v) is 5.45. The average Bonchev–Trinajstić information content (AvgIpc) is 2.10. The van der Waals surface area contributed by atoms with E-state index in [9.17, 15) is 14.7 Å². The lowest BCUT2D eigenvalue weighted by atomic mass is 9.76. The molecule has 0 bridgehead atoms. The summed E-state index contributed by atoms with van der Waals surface area (Å²) in [5.74, 6) is -0.576. The number of hydrogen-bond donors (Lipinski definition) is 1. The van der Waals surface area contributed by atoms with Gasteiger partial charge in [0.2, 0.25) is 0 Å². The minimum absolute atomic E-state index is 0.0364. The molecule has 0 saturated heterocycles. The molecule has 1 rings (SSSR count). The van der Waals surface area contributed by atoms with Crippen molar-refractivity contribution in [3.05, 3.63) is 11.3 Å². The molecule has 0 atom stereocenters. The number of aliphatic hydroxyl groups excluding tert-OH is 1. The Hall–Kier alpha value is -1.32. The highest BCUT2D eigenvalue weighted by atomic mass is 16.5. The molecule has 0 spiro atoms. The summed E-state index contributed by atoms with van der Waals surface area (Å²) in [5, 5.41) is 9.74. The molecule has 0 saturated carbocycles. The molecule has 16 heavy (non-hydrogen) atoms. The number of esters is 1. The molecule has 0 aliphatic heterocycles. The van der Waals surface area contributed by atoms with E-state index in [2.05, 4.69) is 0 Å². The number of carbonyl (C=O) groups is 2. The Balaban J connectivity index is 2.79. The van der Waals surface area contributed by atoms with E-state index in [1.54, 1.807) is 6.92 Å². The standard InChI is InChI=1S/C12H18O4/c1-4-16-11(15)5-8-9(13)6-12(2,3)7-10(8)14/h13H,4-7H2,1-3H3. The van der Waals surface area contributed by atoms with Crippen LogP contribution in [-0.4, -0.2) is 23.5 Å². The topological polar surface area (TPSA) is 63.6 Å². The second kappa shape index (κ2) is 4.68. The highest BCUT2D eigenvalue weighted by Crippen LogP contribution is 2.36. The van der Waals surface area contributed by atoms with Crippen molar-refractivity contribution >= 4 is 11.8 Å². The van der Waals surface area contributed by atoms with Crippen LogP contribution in [0.2, 0.25) is 0 Å². The van der Waals surface area contributed by atoms with E-state index in [0.717, 1.165) is 0 Å². The fourth-order valence-corrected chi connectivity index (χ4v) is 1.88.